The molecule has 1 amide bonds. The van der Waals surface area contributed by atoms with E-state index >= 15 is 4.39 Å². The largest absolute Gasteiger partial charge is 0.502 e. The van der Waals surface area contributed by atoms with Gasteiger partial charge in [-0.25, -0.2) is 4.39 Å². The van der Waals surface area contributed by atoms with Crippen LogP contribution in [0.4, 0.5) is 8.78 Å². The molecule has 6 rings (SSSR count). The molecule has 0 spiro atoms. The van der Waals surface area contributed by atoms with E-state index in [-0.39, 0.29) is 36.6 Å². The number of halogens is 2. The smallest absolute Gasteiger partial charge is 0.277 e. The maximum Gasteiger partial charge on any atom is 0.277 e. The van der Waals surface area contributed by atoms with Gasteiger partial charge in [0, 0.05) is 24.4 Å². The molecule has 1 saturated carbocycles. The van der Waals surface area contributed by atoms with E-state index in [9.17, 15) is 19.1 Å². The lowest BCUT2D eigenvalue weighted by Gasteiger charge is -2.44. The minimum absolute atomic E-state index is 0.0959. The van der Waals surface area contributed by atoms with E-state index in [1.807, 2.05) is 30.3 Å². The van der Waals surface area contributed by atoms with Gasteiger partial charge in [-0.05, 0) is 36.0 Å². The first-order valence-electron chi connectivity index (χ1n) is 11.1. The Morgan fingerprint density at radius 1 is 1.00 bits per heavy atom. The maximum atomic E-state index is 15.1. The number of carbonyl (C=O) groups is 1. The van der Waals surface area contributed by atoms with Crippen LogP contribution in [0.5, 0.6) is 11.5 Å². The Kier molecular flexibility index (Phi) is 4.62. The summed E-state index contributed by atoms with van der Waals surface area (Å²) in [6.45, 7) is 0.730. The number of pyridine rings is 1. The molecule has 1 N–H and O–H groups in total. The lowest BCUT2D eigenvalue weighted by atomic mass is 9.96. The van der Waals surface area contributed by atoms with Gasteiger partial charge in [-0.2, -0.15) is 4.39 Å². The molecule has 0 saturated heterocycles. The topological polar surface area (TPSA) is 75.0 Å². The van der Waals surface area contributed by atoms with Crippen molar-refractivity contribution in [3.63, 3.8) is 0 Å². The average Bonchev–Trinajstić information content (AvgIpc) is 3.58. The van der Waals surface area contributed by atoms with Gasteiger partial charge >= 0.3 is 0 Å². The molecule has 9 heteroatoms. The summed E-state index contributed by atoms with van der Waals surface area (Å²) in [6, 6.07) is 12.2. The van der Waals surface area contributed by atoms with Gasteiger partial charge in [0.15, 0.2) is 23.0 Å². The maximum absolute atomic E-state index is 15.1. The fourth-order valence-electron chi connectivity index (χ4n) is 5.00. The van der Waals surface area contributed by atoms with E-state index in [2.05, 4.69) is 0 Å². The van der Waals surface area contributed by atoms with Gasteiger partial charge in [0.05, 0.1) is 6.61 Å². The van der Waals surface area contributed by atoms with E-state index < -0.39 is 34.8 Å². The molecule has 2 aliphatic heterocycles. The lowest BCUT2D eigenvalue weighted by molar-refractivity contribution is 0.0667. The molecule has 0 unspecified atom stereocenters. The molecule has 3 heterocycles. The van der Waals surface area contributed by atoms with Crippen molar-refractivity contribution in [1.29, 1.82) is 0 Å². The number of rotatable bonds is 1. The minimum atomic E-state index is -1.07. The molecular weight excluding hydrogens is 444 g/mol. The Balaban J connectivity index is 1.64. The van der Waals surface area contributed by atoms with Crippen molar-refractivity contribution in [2.45, 2.75) is 12.5 Å². The normalized spacial score (nSPS) is 23.2. The van der Waals surface area contributed by atoms with Gasteiger partial charge in [-0.1, -0.05) is 30.3 Å². The molecule has 34 heavy (non-hydrogen) atoms. The number of ether oxygens (including phenoxy) is 1. The molecule has 7 nitrogen and oxygen atoms in total. The molecule has 3 aliphatic rings. The third-order valence-electron chi connectivity index (χ3n) is 6.89. The molecule has 3 aromatic rings. The van der Waals surface area contributed by atoms with Gasteiger partial charge < -0.3 is 14.7 Å². The fraction of sp³-hybridized carbons (Fsp3) is 0.280. The summed E-state index contributed by atoms with van der Waals surface area (Å²) < 4.78 is 36.7. The number of hydrogen-bond acceptors (Lipinski definition) is 5. The zero-order chi connectivity index (χ0) is 23.6. The molecule has 1 fully saturated rings. The van der Waals surface area contributed by atoms with Crippen molar-refractivity contribution in [1.82, 2.24) is 9.58 Å². The zero-order valence-corrected chi connectivity index (χ0v) is 18.0. The number of hydrogen-bond donors (Lipinski definition) is 1. The Morgan fingerprint density at radius 2 is 1.79 bits per heavy atom. The summed E-state index contributed by atoms with van der Waals surface area (Å²) in [6.07, 6.45) is 2.20. The van der Waals surface area contributed by atoms with Gasteiger partial charge in [0.2, 0.25) is 11.2 Å². The second-order valence-electron chi connectivity index (χ2n) is 8.99. The van der Waals surface area contributed by atoms with Crippen LogP contribution in [-0.2, 0) is 0 Å². The summed E-state index contributed by atoms with van der Waals surface area (Å²) in [5.74, 6) is -3.11. The van der Waals surface area contributed by atoms with E-state index in [1.165, 1.54) is 23.0 Å². The van der Waals surface area contributed by atoms with Crippen molar-refractivity contribution in [2.24, 2.45) is 11.8 Å². The monoisotopic (exact) mass is 465 g/mol. The second kappa shape index (κ2) is 7.58. The standard InChI is InChI=1S/C25H21F2N3O4/c26-18-7-6-17-21(14-4-2-1-3-5-14)30-13-28(11-15-10-16(15)12-34-24(17)20(18)27)25(33)22-23(32)19(31)8-9-29(22)30/h1-9,15-16,21,32H,10-13H2/t15-,16-,21-/m0/s1. The highest BCUT2D eigenvalue weighted by atomic mass is 19.2. The first-order chi connectivity index (χ1) is 16.4. The molecule has 2 bridgehead atoms. The molecule has 2 aromatic carbocycles. The van der Waals surface area contributed by atoms with Crippen molar-refractivity contribution in [3.05, 3.63) is 93.4 Å². The summed E-state index contributed by atoms with van der Waals surface area (Å²) in [5.41, 5.74) is 0.299. The van der Waals surface area contributed by atoms with Gasteiger partial charge in [0.1, 0.15) is 12.7 Å². The first kappa shape index (κ1) is 20.7. The summed E-state index contributed by atoms with van der Waals surface area (Å²) >= 11 is 0. The van der Waals surface area contributed by atoms with Crippen molar-refractivity contribution < 1.29 is 23.4 Å². The molecule has 3 atom stereocenters. The number of amides is 1. The highest BCUT2D eigenvalue weighted by Gasteiger charge is 2.45. The van der Waals surface area contributed by atoms with Crippen LogP contribution < -0.4 is 15.2 Å². The summed E-state index contributed by atoms with van der Waals surface area (Å²) in [4.78, 5) is 27.2. The zero-order valence-electron chi connectivity index (χ0n) is 18.0. The SMILES string of the molecule is O=C1c2c(O)c(=O)ccn2N2CN1C[C@@H]1C[C@H]1COc1c(ccc(F)c1F)[C@@H]2c1ccccc1. The van der Waals surface area contributed by atoms with Crippen LogP contribution in [0, 0.1) is 23.5 Å². The van der Waals surface area contributed by atoms with Crippen molar-refractivity contribution in [3.8, 4) is 11.5 Å². The predicted molar refractivity (Wildman–Crippen MR) is 118 cm³/mol. The highest BCUT2D eigenvalue weighted by Crippen LogP contribution is 2.44. The molecular formula is C25H21F2N3O4. The first-order valence-corrected chi connectivity index (χ1v) is 11.1. The molecule has 0 radical (unpaired) electrons. The summed E-state index contributed by atoms with van der Waals surface area (Å²) in [7, 11) is 0. The molecule has 1 aromatic heterocycles. The minimum Gasteiger partial charge on any atom is -0.502 e. The third kappa shape index (κ3) is 3.14. The Bertz CT molecular complexity index is 1360. The van der Waals surface area contributed by atoms with Crippen LogP contribution in [0.2, 0.25) is 0 Å². The number of aromatic hydroxyl groups is 1. The van der Waals surface area contributed by atoms with Crippen LogP contribution >= 0.6 is 0 Å². The van der Waals surface area contributed by atoms with E-state index in [0.717, 1.165) is 18.1 Å². The fourth-order valence-corrected chi connectivity index (χ4v) is 5.00. The molecule has 174 valence electrons. The van der Waals surface area contributed by atoms with E-state index in [0.29, 0.717) is 12.1 Å². The van der Waals surface area contributed by atoms with Crippen molar-refractivity contribution in [2.75, 3.05) is 24.8 Å². The Morgan fingerprint density at radius 3 is 2.59 bits per heavy atom. The lowest BCUT2D eigenvalue weighted by Crippen LogP contribution is -2.56. The van der Waals surface area contributed by atoms with Crippen molar-refractivity contribution >= 4 is 5.91 Å². The summed E-state index contributed by atoms with van der Waals surface area (Å²) in [5, 5.41) is 12.3. The van der Waals surface area contributed by atoms with Gasteiger partial charge in [0.25, 0.3) is 5.91 Å². The van der Waals surface area contributed by atoms with Gasteiger partial charge in [-0.3, -0.25) is 19.3 Å². The van der Waals surface area contributed by atoms with E-state index in [4.69, 9.17) is 4.74 Å². The number of nitrogens with zero attached hydrogens (tertiary/aromatic N) is 3. The number of fused-ring (bicyclic) bond motifs is 6. The number of benzene rings is 2. The quantitative estimate of drug-likeness (QED) is 0.598. The predicted octanol–water partition coefficient (Wildman–Crippen LogP) is 3.00. The number of carbonyl (C=O) groups excluding carboxylic acids is 1. The van der Waals surface area contributed by atoms with E-state index in [1.54, 1.807) is 9.91 Å². The van der Waals surface area contributed by atoms with Crippen LogP contribution in [0.25, 0.3) is 0 Å². The van der Waals surface area contributed by atoms with Crippen LogP contribution in [0.3, 0.4) is 0 Å². The second-order valence-corrected chi connectivity index (χ2v) is 8.99. The highest BCUT2D eigenvalue weighted by molar-refractivity contribution is 5.96. The van der Waals surface area contributed by atoms with Crippen LogP contribution in [0.1, 0.15) is 34.1 Å². The molecule has 1 aliphatic carbocycles. The van der Waals surface area contributed by atoms with Crippen LogP contribution in [-0.4, -0.2) is 40.4 Å². The third-order valence-corrected chi connectivity index (χ3v) is 6.89. The average molecular weight is 465 g/mol. The number of aromatic nitrogens is 1. The Labute approximate surface area is 193 Å². The van der Waals surface area contributed by atoms with Gasteiger partial charge in [-0.15, -0.1) is 0 Å². The Hall–Kier alpha value is -3.88. The van der Waals surface area contributed by atoms with Crippen LogP contribution in [0.15, 0.2) is 59.5 Å².